The van der Waals surface area contributed by atoms with E-state index in [-0.39, 0.29) is 0 Å². The number of rotatable bonds is 2. The smallest absolute Gasteiger partial charge is 0.296 e. The van der Waals surface area contributed by atoms with Crippen LogP contribution in [0.1, 0.15) is 0 Å². The summed E-state index contributed by atoms with van der Waals surface area (Å²) in [5.74, 6) is -1.09. The van der Waals surface area contributed by atoms with E-state index in [1.807, 2.05) is 0 Å². The number of benzene rings is 2. The Hall–Kier alpha value is -2.54. The van der Waals surface area contributed by atoms with Crippen molar-refractivity contribution in [1.82, 2.24) is 9.97 Å². The molecule has 0 saturated carbocycles. The van der Waals surface area contributed by atoms with Gasteiger partial charge < -0.3 is 10.2 Å². The normalized spacial score (nSPS) is 12.8. The molecule has 0 spiro atoms. The van der Waals surface area contributed by atoms with Gasteiger partial charge in [-0.2, -0.15) is 16.8 Å². The predicted molar refractivity (Wildman–Crippen MR) is 80.0 cm³/mol. The standard InChI is InChI=1S/C12H8N2O8S2/c15-5-1-3-7(23(17,18)19)11-9(5)13-12-8(24(20,21)22)4-2-6(16)10(12)14-11/h1-4,15-16H,(H,17,18,19)(H,20,21,22). The number of nitrogens with zero attached hydrogens (tertiary/aromatic N) is 2. The average molecular weight is 372 g/mol. The highest BCUT2D eigenvalue weighted by molar-refractivity contribution is 7.86. The minimum absolute atomic E-state index is 0.437. The lowest BCUT2D eigenvalue weighted by molar-refractivity contribution is 0.473. The number of aromatic nitrogens is 2. The van der Waals surface area contributed by atoms with Crippen LogP contribution in [0.4, 0.5) is 0 Å². The molecule has 2 aromatic carbocycles. The van der Waals surface area contributed by atoms with Crippen molar-refractivity contribution >= 4 is 42.3 Å². The number of phenols is 2. The van der Waals surface area contributed by atoms with Crippen LogP contribution in [0.2, 0.25) is 0 Å². The maximum atomic E-state index is 11.4. The van der Waals surface area contributed by atoms with Gasteiger partial charge in [0.1, 0.15) is 43.4 Å². The fourth-order valence-corrected chi connectivity index (χ4v) is 3.43. The Bertz CT molecular complexity index is 1120. The maximum absolute atomic E-state index is 11.4. The molecule has 24 heavy (non-hydrogen) atoms. The molecule has 1 heterocycles. The molecule has 0 atom stereocenters. The molecule has 0 aliphatic carbocycles. The average Bonchev–Trinajstić information content (AvgIpc) is 2.44. The SMILES string of the molecule is O=S(=O)(O)c1ccc(O)c2nc3c(S(=O)(=O)O)ccc(O)c3nc12. The van der Waals surface area contributed by atoms with E-state index in [4.69, 9.17) is 0 Å². The van der Waals surface area contributed by atoms with E-state index in [1.54, 1.807) is 0 Å². The number of fused-ring (bicyclic) bond motifs is 2. The number of aromatic hydroxyl groups is 2. The van der Waals surface area contributed by atoms with Crippen molar-refractivity contribution in [2.75, 3.05) is 0 Å². The highest BCUT2D eigenvalue weighted by Crippen LogP contribution is 2.34. The molecule has 3 rings (SSSR count). The second kappa shape index (κ2) is 4.98. The van der Waals surface area contributed by atoms with E-state index in [9.17, 15) is 36.2 Å². The minimum atomic E-state index is -4.73. The summed E-state index contributed by atoms with van der Waals surface area (Å²) >= 11 is 0. The number of phenolic OH excluding ortho intramolecular Hbond substituents is 2. The molecule has 3 aromatic rings. The summed E-state index contributed by atoms with van der Waals surface area (Å²) in [7, 11) is -9.46. The molecule has 0 amide bonds. The maximum Gasteiger partial charge on any atom is 0.296 e. The van der Waals surface area contributed by atoms with Crippen LogP contribution in [0.25, 0.3) is 22.1 Å². The Morgan fingerprint density at radius 3 is 1.25 bits per heavy atom. The molecular weight excluding hydrogens is 364 g/mol. The van der Waals surface area contributed by atoms with Gasteiger partial charge in [0.25, 0.3) is 20.2 Å². The second-order valence-corrected chi connectivity index (χ2v) is 7.51. The van der Waals surface area contributed by atoms with Gasteiger partial charge in [0.05, 0.1) is 0 Å². The van der Waals surface area contributed by atoms with Crippen LogP contribution in [0, 0.1) is 0 Å². The topological polar surface area (TPSA) is 175 Å². The third kappa shape index (κ3) is 2.50. The molecule has 0 saturated heterocycles. The highest BCUT2D eigenvalue weighted by atomic mass is 32.2. The first-order chi connectivity index (χ1) is 11.0. The molecule has 0 aliphatic rings. The Morgan fingerprint density at radius 2 is 0.958 bits per heavy atom. The Kier molecular flexibility index (Phi) is 3.38. The number of hydrogen-bond acceptors (Lipinski definition) is 8. The van der Waals surface area contributed by atoms with Gasteiger partial charge in [0.15, 0.2) is 0 Å². The first-order valence-electron chi connectivity index (χ1n) is 6.10. The molecule has 1 aromatic heterocycles. The largest absolute Gasteiger partial charge is 0.506 e. The quantitative estimate of drug-likeness (QED) is 0.370. The Balaban J connectivity index is 2.63. The highest BCUT2D eigenvalue weighted by Gasteiger charge is 2.23. The van der Waals surface area contributed by atoms with Gasteiger partial charge in [-0.15, -0.1) is 0 Å². The molecule has 0 fully saturated rings. The fourth-order valence-electron chi connectivity index (χ4n) is 2.18. The molecule has 0 aliphatic heterocycles. The molecule has 0 bridgehead atoms. The molecule has 10 nitrogen and oxygen atoms in total. The fraction of sp³-hybridized carbons (Fsp3) is 0. The molecule has 12 heteroatoms. The Labute approximate surface area is 134 Å². The van der Waals surface area contributed by atoms with E-state index >= 15 is 0 Å². The summed E-state index contributed by atoms with van der Waals surface area (Å²) in [5.41, 5.74) is -1.83. The van der Waals surface area contributed by atoms with Crippen LogP contribution < -0.4 is 0 Å². The van der Waals surface area contributed by atoms with Gasteiger partial charge in [-0.05, 0) is 24.3 Å². The van der Waals surface area contributed by atoms with E-state index in [0.29, 0.717) is 0 Å². The van der Waals surface area contributed by atoms with Gasteiger partial charge in [0, 0.05) is 0 Å². The zero-order chi connectivity index (χ0) is 17.9. The van der Waals surface area contributed by atoms with Crippen LogP contribution in [0.3, 0.4) is 0 Å². The van der Waals surface area contributed by atoms with Crippen LogP contribution in [0.5, 0.6) is 11.5 Å². The van der Waals surface area contributed by atoms with Crippen LogP contribution in [0.15, 0.2) is 34.1 Å². The first-order valence-corrected chi connectivity index (χ1v) is 8.98. The van der Waals surface area contributed by atoms with E-state index in [2.05, 4.69) is 9.97 Å². The van der Waals surface area contributed by atoms with Crippen molar-refractivity contribution in [1.29, 1.82) is 0 Å². The summed E-state index contributed by atoms with van der Waals surface area (Å²) in [4.78, 5) is 6.20. The zero-order valence-electron chi connectivity index (χ0n) is 11.4. The van der Waals surface area contributed by atoms with E-state index < -0.39 is 63.6 Å². The predicted octanol–water partition coefficient (Wildman–Crippen LogP) is 0.688. The first kappa shape index (κ1) is 16.3. The van der Waals surface area contributed by atoms with Crippen LogP contribution in [-0.4, -0.2) is 46.1 Å². The van der Waals surface area contributed by atoms with Gasteiger partial charge in [-0.25, -0.2) is 9.97 Å². The van der Waals surface area contributed by atoms with Crippen molar-refractivity contribution in [2.24, 2.45) is 0 Å². The van der Waals surface area contributed by atoms with Crippen molar-refractivity contribution < 1.29 is 36.2 Å². The van der Waals surface area contributed by atoms with Crippen molar-refractivity contribution in [3.63, 3.8) is 0 Å². The van der Waals surface area contributed by atoms with Crippen molar-refractivity contribution in [2.45, 2.75) is 9.79 Å². The summed E-state index contributed by atoms with van der Waals surface area (Å²) in [5, 5.41) is 19.7. The lowest BCUT2D eigenvalue weighted by atomic mass is 10.2. The van der Waals surface area contributed by atoms with Crippen molar-refractivity contribution in [3.05, 3.63) is 24.3 Å². The molecular formula is C12H8N2O8S2. The lowest BCUT2D eigenvalue weighted by Crippen LogP contribution is -2.04. The zero-order valence-corrected chi connectivity index (χ0v) is 13.1. The molecule has 4 N–H and O–H groups in total. The second-order valence-electron chi connectivity index (χ2n) is 4.73. The molecule has 0 radical (unpaired) electrons. The molecule has 126 valence electrons. The monoisotopic (exact) mass is 372 g/mol. The Morgan fingerprint density at radius 1 is 0.625 bits per heavy atom. The third-order valence-corrected chi connectivity index (χ3v) is 4.96. The van der Waals surface area contributed by atoms with Crippen LogP contribution in [-0.2, 0) is 20.2 Å². The van der Waals surface area contributed by atoms with Gasteiger partial charge >= 0.3 is 0 Å². The summed E-state index contributed by atoms with van der Waals surface area (Å²) in [6.45, 7) is 0. The third-order valence-electron chi connectivity index (χ3n) is 3.19. The minimum Gasteiger partial charge on any atom is -0.506 e. The summed E-state index contributed by atoms with van der Waals surface area (Å²) in [6.07, 6.45) is 0. The van der Waals surface area contributed by atoms with E-state index in [0.717, 1.165) is 24.3 Å². The molecule has 0 unspecified atom stereocenters. The summed E-state index contributed by atoms with van der Waals surface area (Å²) < 4.78 is 64.1. The van der Waals surface area contributed by atoms with Crippen molar-refractivity contribution in [3.8, 4) is 11.5 Å². The van der Waals surface area contributed by atoms with E-state index in [1.165, 1.54) is 0 Å². The summed E-state index contributed by atoms with van der Waals surface area (Å²) in [6, 6.07) is 3.58. The van der Waals surface area contributed by atoms with Gasteiger partial charge in [-0.3, -0.25) is 9.11 Å². The van der Waals surface area contributed by atoms with Gasteiger partial charge in [-0.1, -0.05) is 0 Å². The lowest BCUT2D eigenvalue weighted by Gasteiger charge is -2.09. The van der Waals surface area contributed by atoms with Gasteiger partial charge in [0.2, 0.25) is 0 Å². The number of hydrogen-bond donors (Lipinski definition) is 4. The van der Waals surface area contributed by atoms with Crippen LogP contribution >= 0.6 is 0 Å².